The number of nitrogens with two attached hydrogens (primary N) is 1. The van der Waals surface area contributed by atoms with Gasteiger partial charge in [-0.15, -0.1) is 11.3 Å². The highest BCUT2D eigenvalue weighted by molar-refractivity contribution is 7.16. The number of aromatic nitrogens is 1. The summed E-state index contributed by atoms with van der Waals surface area (Å²) in [5.41, 5.74) is 10.7. The van der Waals surface area contributed by atoms with Crippen molar-refractivity contribution in [3.05, 3.63) is 17.6 Å². The minimum atomic E-state index is 0.428. The van der Waals surface area contributed by atoms with Crippen LogP contribution in [0.25, 0.3) is 10.2 Å². The molecule has 4 nitrogen and oxygen atoms in total. The number of anilines is 2. The van der Waals surface area contributed by atoms with Gasteiger partial charge >= 0.3 is 0 Å². The number of nitrogens with zero attached hydrogens (tertiary/aromatic N) is 1. The molecule has 0 bridgehead atoms. The van der Waals surface area contributed by atoms with Crippen LogP contribution in [0.2, 0.25) is 0 Å². The Balaban J connectivity index is 1.87. The standard InChI is InChI=1S/C13H17N3OS/c1-8-6-17-5-4-9(8)16-10-2-3-11-13(12(10)14)15-7-18-11/h2-3,7-9,16H,4-6,14H2,1H3. The molecule has 1 aromatic carbocycles. The summed E-state index contributed by atoms with van der Waals surface area (Å²) in [6.45, 7) is 3.84. The molecule has 5 heteroatoms. The molecule has 18 heavy (non-hydrogen) atoms. The van der Waals surface area contributed by atoms with Gasteiger partial charge < -0.3 is 15.8 Å². The van der Waals surface area contributed by atoms with E-state index < -0.39 is 0 Å². The monoisotopic (exact) mass is 263 g/mol. The van der Waals surface area contributed by atoms with Gasteiger partial charge in [0.25, 0.3) is 0 Å². The molecule has 1 aliphatic heterocycles. The van der Waals surface area contributed by atoms with E-state index in [0.29, 0.717) is 12.0 Å². The molecule has 0 radical (unpaired) electrons. The molecular weight excluding hydrogens is 246 g/mol. The lowest BCUT2D eigenvalue weighted by Crippen LogP contribution is -2.36. The molecule has 3 rings (SSSR count). The van der Waals surface area contributed by atoms with Crippen molar-refractivity contribution in [2.24, 2.45) is 5.92 Å². The van der Waals surface area contributed by atoms with Crippen molar-refractivity contribution < 1.29 is 4.74 Å². The molecule has 1 saturated heterocycles. The summed E-state index contributed by atoms with van der Waals surface area (Å²) in [6, 6.07) is 4.56. The zero-order valence-corrected chi connectivity index (χ0v) is 11.2. The van der Waals surface area contributed by atoms with Gasteiger partial charge in [0.2, 0.25) is 0 Å². The summed E-state index contributed by atoms with van der Waals surface area (Å²) >= 11 is 1.62. The first-order chi connectivity index (χ1) is 8.75. The lowest BCUT2D eigenvalue weighted by atomic mass is 9.97. The number of thiazole rings is 1. The summed E-state index contributed by atoms with van der Waals surface area (Å²) in [6.07, 6.45) is 1.02. The maximum absolute atomic E-state index is 6.18. The molecule has 2 aromatic rings. The van der Waals surface area contributed by atoms with E-state index in [1.54, 1.807) is 11.3 Å². The maximum Gasteiger partial charge on any atom is 0.106 e. The first-order valence-electron chi connectivity index (χ1n) is 6.21. The summed E-state index contributed by atoms with van der Waals surface area (Å²) in [4.78, 5) is 4.32. The van der Waals surface area contributed by atoms with Crippen LogP contribution in [0.4, 0.5) is 11.4 Å². The van der Waals surface area contributed by atoms with Crippen LogP contribution < -0.4 is 11.1 Å². The fraction of sp³-hybridized carbons (Fsp3) is 0.462. The quantitative estimate of drug-likeness (QED) is 0.818. The van der Waals surface area contributed by atoms with Crippen molar-refractivity contribution in [3.8, 4) is 0 Å². The minimum Gasteiger partial charge on any atom is -0.395 e. The van der Waals surface area contributed by atoms with Crippen LogP contribution in [-0.4, -0.2) is 24.2 Å². The first kappa shape index (κ1) is 11.7. The molecule has 0 spiro atoms. The fourth-order valence-corrected chi connectivity index (χ4v) is 3.06. The number of fused-ring (bicyclic) bond motifs is 1. The minimum absolute atomic E-state index is 0.428. The Morgan fingerprint density at radius 2 is 2.39 bits per heavy atom. The van der Waals surface area contributed by atoms with E-state index in [4.69, 9.17) is 10.5 Å². The van der Waals surface area contributed by atoms with Crippen LogP contribution >= 0.6 is 11.3 Å². The molecule has 2 atom stereocenters. The third-order valence-electron chi connectivity index (χ3n) is 3.52. The third kappa shape index (κ3) is 2.04. The summed E-state index contributed by atoms with van der Waals surface area (Å²) < 4.78 is 6.59. The molecule has 0 amide bonds. The Morgan fingerprint density at radius 3 is 3.22 bits per heavy atom. The predicted molar refractivity (Wildman–Crippen MR) is 76.0 cm³/mol. The lowest BCUT2D eigenvalue weighted by molar-refractivity contribution is 0.0538. The van der Waals surface area contributed by atoms with Crippen LogP contribution in [0.3, 0.4) is 0 Å². The van der Waals surface area contributed by atoms with E-state index in [9.17, 15) is 0 Å². The van der Waals surface area contributed by atoms with E-state index in [1.165, 1.54) is 0 Å². The second-order valence-electron chi connectivity index (χ2n) is 4.82. The molecule has 0 saturated carbocycles. The largest absolute Gasteiger partial charge is 0.395 e. The molecule has 1 aromatic heterocycles. The van der Waals surface area contributed by atoms with Crippen molar-refractivity contribution in [1.29, 1.82) is 0 Å². The van der Waals surface area contributed by atoms with Crippen molar-refractivity contribution >= 4 is 32.9 Å². The molecule has 1 aliphatic rings. The van der Waals surface area contributed by atoms with E-state index in [1.807, 2.05) is 5.51 Å². The molecule has 1 fully saturated rings. The Labute approximate surface area is 110 Å². The van der Waals surface area contributed by atoms with Crippen LogP contribution in [-0.2, 0) is 4.74 Å². The SMILES string of the molecule is CC1COCCC1Nc1ccc2scnc2c1N. The van der Waals surface area contributed by atoms with Gasteiger partial charge in [0.1, 0.15) is 5.52 Å². The number of nitrogen functional groups attached to an aromatic ring is 1. The predicted octanol–water partition coefficient (Wildman–Crippen LogP) is 2.72. The van der Waals surface area contributed by atoms with Gasteiger partial charge in [-0.1, -0.05) is 6.92 Å². The van der Waals surface area contributed by atoms with E-state index in [2.05, 4.69) is 29.4 Å². The zero-order valence-electron chi connectivity index (χ0n) is 10.3. The second kappa shape index (κ2) is 4.74. The van der Waals surface area contributed by atoms with Gasteiger partial charge in [0.05, 0.1) is 28.2 Å². The van der Waals surface area contributed by atoms with Gasteiger partial charge in [-0.25, -0.2) is 4.98 Å². The number of nitrogens with one attached hydrogen (secondary N) is 1. The Morgan fingerprint density at radius 1 is 1.50 bits per heavy atom. The van der Waals surface area contributed by atoms with Gasteiger partial charge in [0.15, 0.2) is 0 Å². The van der Waals surface area contributed by atoms with Crippen LogP contribution in [0.5, 0.6) is 0 Å². The molecule has 96 valence electrons. The lowest BCUT2D eigenvalue weighted by Gasteiger charge is -2.30. The Bertz CT molecular complexity index is 554. The summed E-state index contributed by atoms with van der Waals surface area (Å²) in [5.74, 6) is 0.504. The van der Waals surface area contributed by atoms with Crippen molar-refractivity contribution in [2.45, 2.75) is 19.4 Å². The maximum atomic E-state index is 6.18. The number of rotatable bonds is 2. The molecule has 3 N–H and O–H groups in total. The Hall–Kier alpha value is -1.33. The zero-order chi connectivity index (χ0) is 12.5. The van der Waals surface area contributed by atoms with Gasteiger partial charge in [0, 0.05) is 12.6 Å². The summed E-state index contributed by atoms with van der Waals surface area (Å²) in [7, 11) is 0. The average molecular weight is 263 g/mol. The van der Waals surface area contributed by atoms with Crippen LogP contribution in [0, 0.1) is 5.92 Å². The Kier molecular flexibility index (Phi) is 3.09. The van der Waals surface area contributed by atoms with Crippen molar-refractivity contribution in [1.82, 2.24) is 4.98 Å². The van der Waals surface area contributed by atoms with Crippen LogP contribution in [0.1, 0.15) is 13.3 Å². The fourth-order valence-electron chi connectivity index (χ4n) is 2.37. The normalized spacial score (nSPS) is 24.3. The number of hydrogen-bond acceptors (Lipinski definition) is 5. The summed E-state index contributed by atoms with van der Waals surface area (Å²) in [5, 5.41) is 3.54. The van der Waals surface area contributed by atoms with Crippen molar-refractivity contribution in [3.63, 3.8) is 0 Å². The number of ether oxygens (including phenoxy) is 1. The molecular formula is C13H17N3OS. The first-order valence-corrected chi connectivity index (χ1v) is 7.09. The topological polar surface area (TPSA) is 60.2 Å². The highest BCUT2D eigenvalue weighted by Gasteiger charge is 2.22. The second-order valence-corrected chi connectivity index (χ2v) is 5.70. The van der Waals surface area contributed by atoms with E-state index in [0.717, 1.165) is 41.2 Å². The van der Waals surface area contributed by atoms with Gasteiger partial charge in [-0.05, 0) is 24.5 Å². The van der Waals surface area contributed by atoms with Crippen molar-refractivity contribution in [2.75, 3.05) is 24.3 Å². The van der Waals surface area contributed by atoms with E-state index >= 15 is 0 Å². The van der Waals surface area contributed by atoms with E-state index in [-0.39, 0.29) is 0 Å². The highest BCUT2D eigenvalue weighted by Crippen LogP contribution is 2.31. The van der Waals surface area contributed by atoms with Crippen LogP contribution in [0.15, 0.2) is 17.6 Å². The number of benzene rings is 1. The highest BCUT2D eigenvalue weighted by atomic mass is 32.1. The number of hydrogen-bond donors (Lipinski definition) is 2. The smallest absolute Gasteiger partial charge is 0.106 e. The molecule has 0 aliphatic carbocycles. The molecule has 2 unspecified atom stereocenters. The average Bonchev–Trinajstić information content (AvgIpc) is 2.84. The van der Waals surface area contributed by atoms with Gasteiger partial charge in [-0.2, -0.15) is 0 Å². The molecule has 2 heterocycles. The van der Waals surface area contributed by atoms with Gasteiger partial charge in [-0.3, -0.25) is 0 Å². The third-order valence-corrected chi connectivity index (χ3v) is 4.32.